The van der Waals surface area contributed by atoms with Crippen molar-refractivity contribution in [2.75, 3.05) is 7.11 Å². The van der Waals surface area contributed by atoms with E-state index in [1.54, 1.807) is 19.2 Å². The van der Waals surface area contributed by atoms with Crippen LogP contribution in [-0.4, -0.2) is 7.11 Å². The Labute approximate surface area is 128 Å². The highest BCUT2D eigenvalue weighted by Gasteiger charge is 2.30. The lowest BCUT2D eigenvalue weighted by atomic mass is 9.93. The Bertz CT molecular complexity index is 585. The maximum Gasteiger partial charge on any atom is 0.416 e. The Hall–Kier alpha value is -1.97. The van der Waals surface area contributed by atoms with Gasteiger partial charge in [0, 0.05) is 0 Å². The molecule has 2 aromatic carbocycles. The molecule has 0 fully saturated rings. The number of ether oxygens (including phenoxy) is 1. The zero-order valence-electron chi connectivity index (χ0n) is 12.7. The second-order valence-electron chi connectivity index (χ2n) is 5.41. The highest BCUT2D eigenvalue weighted by molar-refractivity contribution is 5.29. The molecule has 1 unspecified atom stereocenters. The van der Waals surface area contributed by atoms with Crippen molar-refractivity contribution < 1.29 is 17.9 Å². The van der Waals surface area contributed by atoms with Gasteiger partial charge in [-0.05, 0) is 54.2 Å². The van der Waals surface area contributed by atoms with E-state index in [9.17, 15) is 13.2 Å². The van der Waals surface area contributed by atoms with Crippen LogP contribution < -0.4 is 4.74 Å². The summed E-state index contributed by atoms with van der Waals surface area (Å²) < 4.78 is 42.7. The van der Waals surface area contributed by atoms with E-state index in [1.807, 2.05) is 31.2 Å². The lowest BCUT2D eigenvalue weighted by Gasteiger charge is -2.13. The number of alkyl halides is 3. The number of hydrogen-bond acceptors (Lipinski definition) is 1. The molecule has 0 saturated carbocycles. The highest BCUT2D eigenvalue weighted by Crippen LogP contribution is 2.31. The molecule has 0 bridgehead atoms. The number of hydrogen-bond donors (Lipinski definition) is 0. The van der Waals surface area contributed by atoms with Gasteiger partial charge in [0.2, 0.25) is 0 Å². The molecule has 0 spiro atoms. The van der Waals surface area contributed by atoms with Crippen LogP contribution >= 0.6 is 0 Å². The average molecular weight is 308 g/mol. The predicted molar refractivity (Wildman–Crippen MR) is 81.2 cm³/mol. The van der Waals surface area contributed by atoms with E-state index in [-0.39, 0.29) is 5.92 Å². The zero-order chi connectivity index (χ0) is 16.2. The Kier molecular flexibility index (Phi) is 5.11. The molecule has 0 aliphatic rings. The summed E-state index contributed by atoms with van der Waals surface area (Å²) in [5, 5.41) is 0. The molecule has 4 heteroatoms. The first-order chi connectivity index (χ1) is 10.4. The topological polar surface area (TPSA) is 9.23 Å². The van der Waals surface area contributed by atoms with E-state index in [4.69, 9.17) is 4.74 Å². The third-order valence-corrected chi connectivity index (χ3v) is 3.83. The smallest absolute Gasteiger partial charge is 0.416 e. The molecule has 0 aromatic heterocycles. The molecule has 0 heterocycles. The Balaban J connectivity index is 1.95. The van der Waals surface area contributed by atoms with Crippen LogP contribution in [0.15, 0.2) is 48.5 Å². The van der Waals surface area contributed by atoms with Crippen molar-refractivity contribution in [2.24, 2.45) is 0 Å². The Morgan fingerprint density at radius 1 is 0.955 bits per heavy atom. The van der Waals surface area contributed by atoms with Gasteiger partial charge in [-0.15, -0.1) is 0 Å². The van der Waals surface area contributed by atoms with E-state index in [0.717, 1.165) is 36.3 Å². The average Bonchev–Trinajstić information content (AvgIpc) is 2.52. The molecule has 1 atom stereocenters. The second-order valence-corrected chi connectivity index (χ2v) is 5.41. The lowest BCUT2D eigenvalue weighted by molar-refractivity contribution is -0.137. The van der Waals surface area contributed by atoms with Crippen molar-refractivity contribution in [2.45, 2.75) is 31.9 Å². The predicted octanol–water partition coefficient (Wildman–Crippen LogP) is 5.45. The molecular weight excluding hydrogens is 289 g/mol. The van der Waals surface area contributed by atoms with Crippen molar-refractivity contribution in [3.05, 3.63) is 65.2 Å². The van der Waals surface area contributed by atoms with E-state index in [1.165, 1.54) is 5.56 Å². The van der Waals surface area contributed by atoms with Gasteiger partial charge in [-0.2, -0.15) is 13.2 Å². The maximum atomic E-state index is 12.5. The molecule has 0 saturated heterocycles. The van der Waals surface area contributed by atoms with Gasteiger partial charge in [0.25, 0.3) is 0 Å². The number of aryl methyl sites for hydroxylation is 1. The third kappa shape index (κ3) is 4.26. The van der Waals surface area contributed by atoms with Crippen molar-refractivity contribution in [1.82, 2.24) is 0 Å². The van der Waals surface area contributed by atoms with Crippen molar-refractivity contribution in [3.63, 3.8) is 0 Å². The van der Waals surface area contributed by atoms with Gasteiger partial charge in [-0.1, -0.05) is 31.2 Å². The van der Waals surface area contributed by atoms with Crippen LogP contribution in [0.3, 0.4) is 0 Å². The Morgan fingerprint density at radius 3 is 2.05 bits per heavy atom. The largest absolute Gasteiger partial charge is 0.497 e. The summed E-state index contributed by atoms with van der Waals surface area (Å²) in [6.45, 7) is 2.03. The minimum atomic E-state index is -4.27. The van der Waals surface area contributed by atoms with E-state index >= 15 is 0 Å². The monoisotopic (exact) mass is 308 g/mol. The molecule has 0 amide bonds. The first-order valence-corrected chi connectivity index (χ1v) is 7.20. The fraction of sp³-hybridized carbons (Fsp3) is 0.333. The van der Waals surface area contributed by atoms with Gasteiger partial charge in [0.15, 0.2) is 0 Å². The van der Waals surface area contributed by atoms with Gasteiger partial charge >= 0.3 is 6.18 Å². The molecular formula is C18H19F3O. The van der Waals surface area contributed by atoms with Crippen molar-refractivity contribution >= 4 is 0 Å². The first-order valence-electron chi connectivity index (χ1n) is 7.20. The minimum absolute atomic E-state index is 0.212. The van der Waals surface area contributed by atoms with E-state index in [2.05, 4.69) is 0 Å². The standard InChI is InChI=1S/C18H19F3O/c1-13(3-4-14-5-11-17(22-2)12-6-14)15-7-9-16(10-8-15)18(19,20)21/h5-13H,3-4H2,1-2H3. The van der Waals surface area contributed by atoms with Crippen LogP contribution in [0.4, 0.5) is 13.2 Å². The quantitative estimate of drug-likeness (QED) is 0.713. The molecule has 1 nitrogen and oxygen atoms in total. The summed E-state index contributed by atoms with van der Waals surface area (Å²) in [5.74, 6) is 1.03. The van der Waals surface area contributed by atoms with Gasteiger partial charge in [-0.3, -0.25) is 0 Å². The summed E-state index contributed by atoms with van der Waals surface area (Å²) in [6.07, 6.45) is -2.51. The van der Waals surface area contributed by atoms with Gasteiger partial charge in [0.1, 0.15) is 5.75 Å². The van der Waals surface area contributed by atoms with Crippen LogP contribution in [0.5, 0.6) is 5.75 Å². The minimum Gasteiger partial charge on any atom is -0.497 e. The molecule has 118 valence electrons. The molecule has 22 heavy (non-hydrogen) atoms. The molecule has 2 aromatic rings. The summed E-state index contributed by atoms with van der Waals surface area (Å²) in [6, 6.07) is 13.3. The summed E-state index contributed by atoms with van der Waals surface area (Å²) >= 11 is 0. The summed E-state index contributed by atoms with van der Waals surface area (Å²) in [4.78, 5) is 0. The van der Waals surface area contributed by atoms with Crippen molar-refractivity contribution in [3.8, 4) is 5.75 Å². The Morgan fingerprint density at radius 2 is 1.55 bits per heavy atom. The van der Waals surface area contributed by atoms with Crippen LogP contribution in [0.25, 0.3) is 0 Å². The SMILES string of the molecule is COc1ccc(CCC(C)c2ccc(C(F)(F)F)cc2)cc1. The zero-order valence-corrected chi connectivity index (χ0v) is 12.7. The van der Waals surface area contributed by atoms with Crippen LogP contribution in [0.2, 0.25) is 0 Å². The van der Waals surface area contributed by atoms with Crippen LogP contribution in [-0.2, 0) is 12.6 Å². The lowest BCUT2D eigenvalue weighted by Crippen LogP contribution is -2.05. The highest BCUT2D eigenvalue weighted by atomic mass is 19.4. The number of halogens is 3. The normalized spacial score (nSPS) is 13.0. The van der Waals surface area contributed by atoms with Gasteiger partial charge in [0.05, 0.1) is 12.7 Å². The number of rotatable bonds is 5. The second kappa shape index (κ2) is 6.86. The van der Waals surface area contributed by atoms with Crippen molar-refractivity contribution in [1.29, 1.82) is 0 Å². The molecule has 0 aliphatic carbocycles. The van der Waals surface area contributed by atoms with Crippen LogP contribution in [0.1, 0.15) is 36.0 Å². The van der Waals surface area contributed by atoms with E-state index < -0.39 is 11.7 Å². The molecule has 0 N–H and O–H groups in total. The number of methoxy groups -OCH3 is 1. The van der Waals surface area contributed by atoms with Gasteiger partial charge < -0.3 is 4.74 Å². The van der Waals surface area contributed by atoms with E-state index in [0.29, 0.717) is 0 Å². The molecule has 2 rings (SSSR count). The van der Waals surface area contributed by atoms with Crippen LogP contribution in [0, 0.1) is 0 Å². The fourth-order valence-corrected chi connectivity index (χ4v) is 2.34. The fourth-order valence-electron chi connectivity index (χ4n) is 2.34. The van der Waals surface area contributed by atoms with Gasteiger partial charge in [-0.25, -0.2) is 0 Å². The third-order valence-electron chi connectivity index (χ3n) is 3.83. The number of benzene rings is 2. The molecule has 0 radical (unpaired) electrons. The first kappa shape index (κ1) is 16.4. The molecule has 0 aliphatic heterocycles. The maximum absolute atomic E-state index is 12.5. The summed E-state index contributed by atoms with van der Waals surface area (Å²) in [7, 11) is 1.63. The summed E-state index contributed by atoms with van der Waals surface area (Å²) in [5.41, 5.74) is 1.53.